The van der Waals surface area contributed by atoms with Crippen LogP contribution in [0.15, 0.2) is 30.3 Å². The molecule has 1 N–H and O–H groups in total. The normalized spacial score (nSPS) is 20.8. The molecule has 1 saturated heterocycles. The van der Waals surface area contributed by atoms with Crippen LogP contribution in [-0.4, -0.2) is 58.4 Å². The third kappa shape index (κ3) is 4.63. The molecule has 1 aliphatic heterocycles. The molecule has 0 spiro atoms. The highest BCUT2D eigenvalue weighted by Gasteiger charge is 2.39. The Morgan fingerprint density at radius 2 is 1.92 bits per heavy atom. The van der Waals surface area contributed by atoms with Crippen LogP contribution in [0.4, 0.5) is 9.59 Å². The highest BCUT2D eigenvalue weighted by Crippen LogP contribution is 2.25. The molecule has 2 rings (SSSR count). The van der Waals surface area contributed by atoms with Gasteiger partial charge in [-0.1, -0.05) is 30.3 Å². The number of carbonyl (C=O) groups is 2. The first-order chi connectivity index (χ1) is 11.2. The van der Waals surface area contributed by atoms with E-state index in [1.165, 1.54) is 9.80 Å². The Balaban J connectivity index is 2.06. The van der Waals surface area contributed by atoms with E-state index in [1.807, 2.05) is 51.1 Å². The van der Waals surface area contributed by atoms with Crippen LogP contribution in [0, 0.1) is 0 Å². The molecular formula is C18H26N2O4. The van der Waals surface area contributed by atoms with Crippen molar-refractivity contribution in [1.82, 2.24) is 9.80 Å². The highest BCUT2D eigenvalue weighted by atomic mass is 16.6. The zero-order valence-corrected chi connectivity index (χ0v) is 14.7. The van der Waals surface area contributed by atoms with Gasteiger partial charge in [0.1, 0.15) is 5.60 Å². The third-order valence-corrected chi connectivity index (χ3v) is 4.18. The number of hydrogen-bond donors (Lipinski definition) is 1. The SMILES string of the molecule is CN(C(=O)OC(C)(C)C)C1CC(Cc2ccccc2)N(C(=O)O)C1. The molecule has 0 aliphatic carbocycles. The minimum absolute atomic E-state index is 0.139. The molecule has 0 radical (unpaired) electrons. The lowest BCUT2D eigenvalue weighted by Crippen LogP contribution is -2.42. The number of nitrogens with zero attached hydrogens (tertiary/aromatic N) is 2. The monoisotopic (exact) mass is 334 g/mol. The second-order valence-corrected chi connectivity index (χ2v) is 7.26. The van der Waals surface area contributed by atoms with Crippen molar-refractivity contribution >= 4 is 12.2 Å². The van der Waals surface area contributed by atoms with E-state index >= 15 is 0 Å². The molecule has 0 saturated carbocycles. The van der Waals surface area contributed by atoms with Crippen LogP contribution in [-0.2, 0) is 11.2 Å². The smallest absolute Gasteiger partial charge is 0.410 e. The van der Waals surface area contributed by atoms with Crippen molar-refractivity contribution in [2.24, 2.45) is 0 Å². The molecule has 0 aromatic heterocycles. The summed E-state index contributed by atoms with van der Waals surface area (Å²) in [6.45, 7) is 5.75. The predicted octanol–water partition coefficient (Wildman–Crippen LogP) is 3.22. The Morgan fingerprint density at radius 3 is 2.46 bits per heavy atom. The Labute approximate surface area is 143 Å². The van der Waals surface area contributed by atoms with E-state index in [0.717, 1.165) is 5.56 Å². The van der Waals surface area contributed by atoms with Crippen molar-refractivity contribution in [3.63, 3.8) is 0 Å². The van der Waals surface area contributed by atoms with E-state index in [1.54, 1.807) is 7.05 Å². The minimum atomic E-state index is -0.948. The molecular weight excluding hydrogens is 308 g/mol. The minimum Gasteiger partial charge on any atom is -0.465 e. The molecule has 1 aromatic carbocycles. The maximum absolute atomic E-state index is 12.2. The zero-order chi connectivity index (χ0) is 17.9. The topological polar surface area (TPSA) is 70.1 Å². The number of amides is 2. The molecule has 1 heterocycles. The van der Waals surface area contributed by atoms with Gasteiger partial charge >= 0.3 is 12.2 Å². The number of likely N-dealkylation sites (N-methyl/N-ethyl adjacent to an activating group) is 1. The number of hydrogen-bond acceptors (Lipinski definition) is 3. The molecule has 24 heavy (non-hydrogen) atoms. The molecule has 2 amide bonds. The number of rotatable bonds is 3. The lowest BCUT2D eigenvalue weighted by atomic mass is 10.0. The van der Waals surface area contributed by atoms with Crippen LogP contribution in [0.25, 0.3) is 0 Å². The molecule has 0 bridgehead atoms. The van der Waals surface area contributed by atoms with Crippen molar-refractivity contribution in [2.45, 2.75) is 51.3 Å². The van der Waals surface area contributed by atoms with Crippen molar-refractivity contribution < 1.29 is 19.4 Å². The largest absolute Gasteiger partial charge is 0.465 e. The molecule has 6 heteroatoms. The average Bonchev–Trinajstić information content (AvgIpc) is 2.89. The van der Waals surface area contributed by atoms with E-state index in [9.17, 15) is 14.7 Å². The summed E-state index contributed by atoms with van der Waals surface area (Å²) in [4.78, 5) is 26.7. The second kappa shape index (κ2) is 7.11. The summed E-state index contributed by atoms with van der Waals surface area (Å²) < 4.78 is 5.38. The summed E-state index contributed by atoms with van der Waals surface area (Å²) >= 11 is 0. The van der Waals surface area contributed by atoms with Crippen LogP contribution in [0.1, 0.15) is 32.8 Å². The molecule has 1 aliphatic rings. The van der Waals surface area contributed by atoms with E-state index in [0.29, 0.717) is 19.4 Å². The lowest BCUT2D eigenvalue weighted by Gasteiger charge is -2.28. The van der Waals surface area contributed by atoms with Gasteiger partial charge in [0, 0.05) is 19.6 Å². The van der Waals surface area contributed by atoms with E-state index < -0.39 is 17.8 Å². The average molecular weight is 334 g/mol. The van der Waals surface area contributed by atoms with Crippen LogP contribution >= 0.6 is 0 Å². The van der Waals surface area contributed by atoms with E-state index in [-0.39, 0.29) is 12.1 Å². The van der Waals surface area contributed by atoms with Crippen molar-refractivity contribution in [3.05, 3.63) is 35.9 Å². The fourth-order valence-electron chi connectivity index (χ4n) is 2.97. The van der Waals surface area contributed by atoms with Crippen LogP contribution in [0.2, 0.25) is 0 Å². The molecule has 2 atom stereocenters. The Morgan fingerprint density at radius 1 is 1.29 bits per heavy atom. The number of carboxylic acid groups (broad SMARTS) is 1. The fraction of sp³-hybridized carbons (Fsp3) is 0.556. The Hall–Kier alpha value is -2.24. The summed E-state index contributed by atoms with van der Waals surface area (Å²) in [7, 11) is 1.67. The number of likely N-dealkylation sites (tertiary alicyclic amines) is 1. The van der Waals surface area contributed by atoms with Crippen molar-refractivity contribution in [1.29, 1.82) is 0 Å². The van der Waals surface area contributed by atoms with Crippen LogP contribution < -0.4 is 0 Å². The summed E-state index contributed by atoms with van der Waals surface area (Å²) in [5, 5.41) is 9.48. The standard InChI is InChI=1S/C18H26N2O4/c1-18(2,3)24-17(23)19(4)15-11-14(20(12-15)16(21)22)10-13-8-6-5-7-9-13/h5-9,14-15H,10-12H2,1-4H3,(H,21,22). The van der Waals surface area contributed by atoms with Crippen LogP contribution in [0.3, 0.4) is 0 Å². The van der Waals surface area contributed by atoms with Gasteiger partial charge in [-0.05, 0) is 39.2 Å². The molecule has 132 valence electrons. The summed E-state index contributed by atoms with van der Waals surface area (Å²) in [6.07, 6.45) is -0.114. The number of ether oxygens (including phenoxy) is 1. The lowest BCUT2D eigenvalue weighted by molar-refractivity contribution is 0.0228. The predicted molar refractivity (Wildman–Crippen MR) is 91.1 cm³/mol. The van der Waals surface area contributed by atoms with Crippen LogP contribution in [0.5, 0.6) is 0 Å². The molecule has 1 fully saturated rings. The first kappa shape index (κ1) is 18.1. The van der Waals surface area contributed by atoms with Gasteiger partial charge in [-0.2, -0.15) is 0 Å². The maximum atomic E-state index is 12.2. The first-order valence-electron chi connectivity index (χ1n) is 8.16. The van der Waals surface area contributed by atoms with E-state index in [2.05, 4.69) is 0 Å². The van der Waals surface area contributed by atoms with Gasteiger partial charge < -0.3 is 19.6 Å². The van der Waals surface area contributed by atoms with Crippen molar-refractivity contribution in [3.8, 4) is 0 Å². The molecule has 1 aromatic rings. The van der Waals surface area contributed by atoms with E-state index in [4.69, 9.17) is 4.74 Å². The van der Waals surface area contributed by atoms with Gasteiger partial charge in [0.15, 0.2) is 0 Å². The van der Waals surface area contributed by atoms with Gasteiger partial charge in [0.25, 0.3) is 0 Å². The molecule has 6 nitrogen and oxygen atoms in total. The van der Waals surface area contributed by atoms with Gasteiger partial charge in [-0.3, -0.25) is 0 Å². The third-order valence-electron chi connectivity index (χ3n) is 4.18. The van der Waals surface area contributed by atoms with Gasteiger partial charge in [-0.15, -0.1) is 0 Å². The Bertz CT molecular complexity index is 582. The van der Waals surface area contributed by atoms with Crippen molar-refractivity contribution in [2.75, 3.05) is 13.6 Å². The summed E-state index contributed by atoms with van der Waals surface area (Å²) in [5.41, 5.74) is 0.522. The Kier molecular flexibility index (Phi) is 5.36. The fourth-order valence-corrected chi connectivity index (χ4v) is 2.97. The summed E-state index contributed by atoms with van der Waals surface area (Å²) in [6, 6.07) is 9.49. The summed E-state index contributed by atoms with van der Waals surface area (Å²) in [5.74, 6) is 0. The number of carbonyl (C=O) groups excluding carboxylic acids is 1. The quantitative estimate of drug-likeness (QED) is 0.921. The highest BCUT2D eigenvalue weighted by molar-refractivity contribution is 5.69. The zero-order valence-electron chi connectivity index (χ0n) is 14.7. The van der Waals surface area contributed by atoms with Gasteiger partial charge in [0.2, 0.25) is 0 Å². The van der Waals surface area contributed by atoms with Gasteiger partial charge in [0.05, 0.1) is 6.04 Å². The molecule has 2 unspecified atom stereocenters. The second-order valence-electron chi connectivity index (χ2n) is 7.26. The number of benzene rings is 1. The first-order valence-corrected chi connectivity index (χ1v) is 8.16. The maximum Gasteiger partial charge on any atom is 0.410 e. The van der Waals surface area contributed by atoms with Gasteiger partial charge in [-0.25, -0.2) is 9.59 Å².